The standard InChI is InChI=1S/C21H27N3O/c1-3-24(19-11-7-8-16(2)14-19)20-13-12-18(15-22-20)23-21(25)17-9-5-4-6-10-17/h7-8,11-15,17H,3-6,9-10H2,1-2H3,(H,23,25). The van der Waals surface area contributed by atoms with Crippen LogP contribution in [-0.2, 0) is 4.79 Å². The number of amides is 1. The number of hydrogen-bond donors (Lipinski definition) is 1. The molecular formula is C21H27N3O. The molecule has 1 saturated carbocycles. The Labute approximate surface area is 150 Å². The Morgan fingerprint density at radius 2 is 2.00 bits per heavy atom. The van der Waals surface area contributed by atoms with Gasteiger partial charge in [0.1, 0.15) is 5.82 Å². The molecule has 2 aromatic rings. The van der Waals surface area contributed by atoms with Crippen LogP contribution in [0.2, 0.25) is 0 Å². The maximum Gasteiger partial charge on any atom is 0.227 e. The number of pyridine rings is 1. The Morgan fingerprint density at radius 1 is 1.20 bits per heavy atom. The fourth-order valence-electron chi connectivity index (χ4n) is 3.50. The Hall–Kier alpha value is -2.36. The molecule has 1 amide bonds. The first-order valence-corrected chi connectivity index (χ1v) is 9.28. The van der Waals surface area contributed by atoms with Crippen LogP contribution in [-0.4, -0.2) is 17.4 Å². The summed E-state index contributed by atoms with van der Waals surface area (Å²) in [5.74, 6) is 1.19. The van der Waals surface area contributed by atoms with Crippen LogP contribution >= 0.6 is 0 Å². The predicted octanol–water partition coefficient (Wildman–Crippen LogP) is 5.07. The minimum Gasteiger partial charge on any atom is -0.327 e. The number of carbonyl (C=O) groups excluding carboxylic acids is 1. The van der Waals surface area contributed by atoms with E-state index < -0.39 is 0 Å². The van der Waals surface area contributed by atoms with Crippen molar-refractivity contribution in [1.29, 1.82) is 0 Å². The van der Waals surface area contributed by atoms with E-state index in [2.05, 4.69) is 53.3 Å². The number of nitrogens with one attached hydrogen (secondary N) is 1. The number of rotatable bonds is 5. The first-order valence-electron chi connectivity index (χ1n) is 9.28. The summed E-state index contributed by atoms with van der Waals surface area (Å²) < 4.78 is 0. The molecule has 1 fully saturated rings. The van der Waals surface area contributed by atoms with E-state index in [9.17, 15) is 4.79 Å². The van der Waals surface area contributed by atoms with Crippen LogP contribution in [0.15, 0.2) is 42.6 Å². The van der Waals surface area contributed by atoms with E-state index in [0.29, 0.717) is 0 Å². The van der Waals surface area contributed by atoms with E-state index in [1.54, 1.807) is 6.20 Å². The maximum absolute atomic E-state index is 12.4. The average molecular weight is 337 g/mol. The fourth-order valence-corrected chi connectivity index (χ4v) is 3.50. The summed E-state index contributed by atoms with van der Waals surface area (Å²) in [6.45, 7) is 5.04. The van der Waals surface area contributed by atoms with Gasteiger partial charge in [-0.25, -0.2) is 4.98 Å². The van der Waals surface area contributed by atoms with Crippen molar-refractivity contribution >= 4 is 23.1 Å². The Bertz CT molecular complexity index is 705. The zero-order chi connectivity index (χ0) is 17.6. The van der Waals surface area contributed by atoms with Gasteiger partial charge in [0.25, 0.3) is 0 Å². The monoisotopic (exact) mass is 337 g/mol. The molecule has 0 aliphatic heterocycles. The predicted molar refractivity (Wildman–Crippen MR) is 103 cm³/mol. The molecule has 1 aliphatic rings. The number of aromatic nitrogens is 1. The third kappa shape index (κ3) is 4.38. The van der Waals surface area contributed by atoms with Crippen molar-refractivity contribution in [3.8, 4) is 0 Å². The van der Waals surface area contributed by atoms with E-state index in [1.165, 1.54) is 12.0 Å². The lowest BCUT2D eigenvalue weighted by molar-refractivity contribution is -0.120. The molecule has 1 heterocycles. The zero-order valence-corrected chi connectivity index (χ0v) is 15.2. The molecule has 0 saturated heterocycles. The van der Waals surface area contributed by atoms with Gasteiger partial charge in [-0.15, -0.1) is 0 Å². The third-order valence-electron chi connectivity index (χ3n) is 4.90. The summed E-state index contributed by atoms with van der Waals surface area (Å²) in [4.78, 5) is 19.1. The molecular weight excluding hydrogens is 310 g/mol. The highest BCUT2D eigenvalue weighted by atomic mass is 16.1. The highest BCUT2D eigenvalue weighted by molar-refractivity contribution is 5.92. The molecule has 25 heavy (non-hydrogen) atoms. The fraction of sp³-hybridized carbons (Fsp3) is 0.429. The van der Waals surface area contributed by atoms with E-state index in [-0.39, 0.29) is 11.8 Å². The van der Waals surface area contributed by atoms with Crippen LogP contribution in [0.25, 0.3) is 0 Å². The van der Waals surface area contributed by atoms with E-state index in [1.807, 2.05) is 12.1 Å². The van der Waals surface area contributed by atoms with Crippen molar-refractivity contribution in [2.75, 3.05) is 16.8 Å². The van der Waals surface area contributed by atoms with Crippen LogP contribution in [0.1, 0.15) is 44.6 Å². The zero-order valence-electron chi connectivity index (χ0n) is 15.2. The molecule has 4 heteroatoms. The highest BCUT2D eigenvalue weighted by Gasteiger charge is 2.21. The van der Waals surface area contributed by atoms with Gasteiger partial charge >= 0.3 is 0 Å². The number of nitrogens with zero attached hydrogens (tertiary/aromatic N) is 2. The average Bonchev–Trinajstić information content (AvgIpc) is 2.64. The number of benzene rings is 1. The van der Waals surface area contributed by atoms with Crippen LogP contribution < -0.4 is 10.2 Å². The smallest absolute Gasteiger partial charge is 0.227 e. The molecule has 0 radical (unpaired) electrons. The van der Waals surface area contributed by atoms with Gasteiger partial charge in [-0.3, -0.25) is 4.79 Å². The molecule has 0 atom stereocenters. The summed E-state index contributed by atoms with van der Waals surface area (Å²) in [7, 11) is 0. The second-order valence-corrected chi connectivity index (χ2v) is 6.81. The number of hydrogen-bond acceptors (Lipinski definition) is 3. The van der Waals surface area contributed by atoms with Gasteiger partial charge in [0.05, 0.1) is 11.9 Å². The molecule has 3 rings (SSSR count). The molecule has 1 aromatic heterocycles. The van der Waals surface area contributed by atoms with Crippen LogP contribution in [0.5, 0.6) is 0 Å². The summed E-state index contributed by atoms with van der Waals surface area (Å²) in [6, 6.07) is 12.3. The number of anilines is 3. The van der Waals surface area contributed by atoms with Gasteiger partial charge in [0.2, 0.25) is 5.91 Å². The topological polar surface area (TPSA) is 45.2 Å². The Morgan fingerprint density at radius 3 is 2.64 bits per heavy atom. The van der Waals surface area contributed by atoms with Gasteiger partial charge in [-0.2, -0.15) is 0 Å². The third-order valence-corrected chi connectivity index (χ3v) is 4.90. The van der Waals surface area contributed by atoms with Crippen molar-refractivity contribution < 1.29 is 4.79 Å². The van der Waals surface area contributed by atoms with Crippen molar-refractivity contribution in [1.82, 2.24) is 4.98 Å². The lowest BCUT2D eigenvalue weighted by Gasteiger charge is -2.23. The first kappa shape index (κ1) is 17.5. The molecule has 0 bridgehead atoms. The second kappa shape index (κ2) is 8.15. The van der Waals surface area contributed by atoms with E-state index in [4.69, 9.17) is 0 Å². The largest absolute Gasteiger partial charge is 0.327 e. The van der Waals surface area contributed by atoms with Gasteiger partial charge < -0.3 is 10.2 Å². The quantitative estimate of drug-likeness (QED) is 0.829. The lowest BCUT2D eigenvalue weighted by atomic mass is 9.88. The maximum atomic E-state index is 12.4. The number of aryl methyl sites for hydroxylation is 1. The minimum absolute atomic E-state index is 0.139. The SMILES string of the molecule is CCN(c1cccc(C)c1)c1ccc(NC(=O)C2CCCCC2)cn1. The lowest BCUT2D eigenvalue weighted by Crippen LogP contribution is -2.25. The molecule has 1 N–H and O–H groups in total. The summed E-state index contributed by atoms with van der Waals surface area (Å²) in [5.41, 5.74) is 3.14. The van der Waals surface area contributed by atoms with Crippen LogP contribution in [0.3, 0.4) is 0 Å². The van der Waals surface area contributed by atoms with Gasteiger partial charge in [-0.05, 0) is 56.5 Å². The molecule has 1 aliphatic carbocycles. The Kier molecular flexibility index (Phi) is 5.69. The molecule has 4 nitrogen and oxygen atoms in total. The highest BCUT2D eigenvalue weighted by Crippen LogP contribution is 2.27. The first-order chi connectivity index (χ1) is 12.2. The van der Waals surface area contributed by atoms with E-state index in [0.717, 1.165) is 49.4 Å². The van der Waals surface area contributed by atoms with Gasteiger partial charge in [0.15, 0.2) is 0 Å². The van der Waals surface area contributed by atoms with Crippen molar-refractivity contribution in [2.45, 2.75) is 46.0 Å². The minimum atomic E-state index is 0.139. The normalized spacial score (nSPS) is 15.0. The second-order valence-electron chi connectivity index (χ2n) is 6.81. The molecule has 0 unspecified atom stereocenters. The molecule has 132 valence electrons. The van der Waals surface area contributed by atoms with Crippen LogP contribution in [0, 0.1) is 12.8 Å². The molecule has 0 spiro atoms. The molecule has 1 aromatic carbocycles. The van der Waals surface area contributed by atoms with Crippen molar-refractivity contribution in [2.24, 2.45) is 5.92 Å². The number of carbonyl (C=O) groups is 1. The van der Waals surface area contributed by atoms with Crippen molar-refractivity contribution in [3.63, 3.8) is 0 Å². The van der Waals surface area contributed by atoms with E-state index >= 15 is 0 Å². The summed E-state index contributed by atoms with van der Waals surface area (Å²) >= 11 is 0. The van der Waals surface area contributed by atoms with Gasteiger partial charge in [0, 0.05) is 18.2 Å². The summed E-state index contributed by atoms with van der Waals surface area (Å²) in [5, 5.41) is 3.02. The Balaban J connectivity index is 1.69. The van der Waals surface area contributed by atoms with Crippen molar-refractivity contribution in [3.05, 3.63) is 48.2 Å². The van der Waals surface area contributed by atoms with Crippen LogP contribution in [0.4, 0.5) is 17.2 Å². The summed E-state index contributed by atoms with van der Waals surface area (Å²) in [6.07, 6.45) is 7.36. The van der Waals surface area contributed by atoms with Gasteiger partial charge in [-0.1, -0.05) is 31.4 Å².